The second-order valence-electron chi connectivity index (χ2n) is 11.2. The van der Waals surface area contributed by atoms with Gasteiger partial charge in [0.1, 0.15) is 41.5 Å². The Morgan fingerprint density at radius 3 is 1.66 bits per heavy atom. The predicted molar refractivity (Wildman–Crippen MR) is 192 cm³/mol. The molecule has 0 spiro atoms. The highest BCUT2D eigenvalue weighted by Crippen LogP contribution is 2.48. The number of anilines is 2. The molecule has 0 bridgehead atoms. The molecule has 0 atom stereocenters. The number of phenolic OH excluding ortho intramolecular Hbond substituents is 1. The highest BCUT2D eigenvalue weighted by Gasteiger charge is 2.29. The molecule has 0 aliphatic carbocycles. The van der Waals surface area contributed by atoms with Crippen molar-refractivity contribution in [2.75, 3.05) is 11.1 Å². The van der Waals surface area contributed by atoms with E-state index in [0.717, 1.165) is 49.4 Å². The van der Waals surface area contributed by atoms with Crippen molar-refractivity contribution in [2.24, 2.45) is 20.5 Å². The van der Waals surface area contributed by atoms with Gasteiger partial charge in [-0.2, -0.15) is 47.2 Å². The van der Waals surface area contributed by atoms with Gasteiger partial charge in [-0.1, -0.05) is 12.1 Å². The number of phenols is 1. The SMILES string of the molecule is CC(=O)Nc1ccc(S(=O)(=O)O)c(N=Nc2c(S(=O)(=O)O)cc3cc(S(=O)(=O)O)c(N=Nc4cc(S(=O)(=O)O)c5cccc(S(=O)(=O)O)c5c4)c(O)c3c2N)c1. The summed E-state index contributed by atoms with van der Waals surface area (Å²) in [5, 5.41) is 25.7. The average Bonchev–Trinajstić information content (AvgIpc) is 3.03. The topological polar surface area (TPSA) is 397 Å². The standard InChI is InChI=1S/C28H22N6O17S5/c1-12(35)30-14-5-6-20(53(40,41)42)18(10-14)32-33-26-22(55(46,47)48)7-13-8-23(56(49,50)51)27(28(36)24(13)25(26)29)34-31-15-9-17-16(21(11-15)54(43,44)45)3-2-4-19(17)52(37,38)39/h2-11,36H,29H2,1H3,(H,30,35)(H,37,38,39)(H,40,41,42)(H,43,44,45)(H,46,47,48)(H,49,50,51). The van der Waals surface area contributed by atoms with Crippen molar-refractivity contribution in [2.45, 2.75) is 31.4 Å². The third kappa shape index (κ3) is 8.47. The largest absolute Gasteiger partial charge is 0.505 e. The lowest BCUT2D eigenvalue weighted by molar-refractivity contribution is -0.114. The third-order valence-corrected chi connectivity index (χ3v) is 11.8. The van der Waals surface area contributed by atoms with Gasteiger partial charge < -0.3 is 16.2 Å². The summed E-state index contributed by atoms with van der Waals surface area (Å²) in [4.78, 5) is 6.26. The van der Waals surface area contributed by atoms with E-state index in [2.05, 4.69) is 25.8 Å². The number of amides is 1. The fraction of sp³-hybridized carbons (Fsp3) is 0.0357. The van der Waals surface area contributed by atoms with Crippen molar-refractivity contribution >= 4 is 112 Å². The average molecular weight is 875 g/mol. The van der Waals surface area contributed by atoms with Gasteiger partial charge in [0.05, 0.1) is 16.8 Å². The molecule has 0 fully saturated rings. The molecular formula is C28H22N6O17S5. The smallest absolute Gasteiger partial charge is 0.296 e. The molecule has 0 saturated heterocycles. The summed E-state index contributed by atoms with van der Waals surface area (Å²) in [6.07, 6.45) is 0. The van der Waals surface area contributed by atoms with E-state index in [1.807, 2.05) is 0 Å². The monoisotopic (exact) mass is 874 g/mol. The quantitative estimate of drug-likeness (QED) is 0.0550. The van der Waals surface area contributed by atoms with Gasteiger partial charge in [0.2, 0.25) is 5.91 Å². The Labute approximate surface area is 315 Å². The van der Waals surface area contributed by atoms with Crippen LogP contribution in [0, 0.1) is 0 Å². The number of aromatic hydroxyl groups is 1. The zero-order valence-corrected chi connectivity index (χ0v) is 31.4. The maximum absolute atomic E-state index is 12.5. The van der Waals surface area contributed by atoms with Gasteiger partial charge >= 0.3 is 0 Å². The lowest BCUT2D eigenvalue weighted by Crippen LogP contribution is -2.06. The Morgan fingerprint density at radius 2 is 1.12 bits per heavy atom. The molecule has 9 N–H and O–H groups in total. The van der Waals surface area contributed by atoms with Gasteiger partial charge in [0.15, 0.2) is 5.75 Å². The number of fused-ring (bicyclic) bond motifs is 2. The van der Waals surface area contributed by atoms with Crippen LogP contribution in [0.3, 0.4) is 0 Å². The molecule has 1 amide bonds. The number of nitrogens with one attached hydrogen (secondary N) is 1. The number of hydrogen-bond donors (Lipinski definition) is 8. The Hall–Kier alpha value is -5.56. The van der Waals surface area contributed by atoms with E-state index in [9.17, 15) is 74.8 Å². The van der Waals surface area contributed by atoms with Gasteiger partial charge in [0.25, 0.3) is 50.6 Å². The van der Waals surface area contributed by atoms with Gasteiger partial charge in [-0.25, -0.2) is 0 Å². The van der Waals surface area contributed by atoms with Gasteiger partial charge in [-0.15, -0.1) is 15.3 Å². The van der Waals surface area contributed by atoms with Crippen LogP contribution >= 0.6 is 0 Å². The number of nitrogen functional groups attached to an aromatic ring is 1. The van der Waals surface area contributed by atoms with Crippen LogP contribution in [0.1, 0.15) is 6.92 Å². The summed E-state index contributed by atoms with van der Waals surface area (Å²) in [6, 6.07) is 8.14. The highest BCUT2D eigenvalue weighted by molar-refractivity contribution is 7.87. The first kappa shape index (κ1) is 41.6. The summed E-state index contributed by atoms with van der Waals surface area (Å²) in [5.41, 5.74) is 1.53. The minimum Gasteiger partial charge on any atom is -0.505 e. The molecular weight excluding hydrogens is 853 g/mol. The van der Waals surface area contributed by atoms with Crippen molar-refractivity contribution in [1.29, 1.82) is 0 Å². The van der Waals surface area contributed by atoms with Gasteiger partial charge in [0, 0.05) is 23.4 Å². The lowest BCUT2D eigenvalue weighted by Gasteiger charge is -2.14. The zero-order chi connectivity index (χ0) is 41.9. The van der Waals surface area contributed by atoms with E-state index >= 15 is 0 Å². The molecule has 5 rings (SSSR count). The maximum Gasteiger partial charge on any atom is 0.296 e. The van der Waals surface area contributed by atoms with Crippen LogP contribution in [0.15, 0.2) is 106 Å². The van der Waals surface area contributed by atoms with E-state index in [1.54, 1.807) is 0 Å². The van der Waals surface area contributed by atoms with Crippen LogP contribution in [0.5, 0.6) is 5.75 Å². The summed E-state index contributed by atoms with van der Waals surface area (Å²) < 4.78 is 172. The van der Waals surface area contributed by atoms with Crippen LogP contribution in [0.25, 0.3) is 21.5 Å². The van der Waals surface area contributed by atoms with Crippen molar-refractivity contribution in [3.63, 3.8) is 0 Å². The summed E-state index contributed by atoms with van der Waals surface area (Å²) >= 11 is 0. The minimum atomic E-state index is -5.46. The van der Waals surface area contributed by atoms with Crippen LogP contribution < -0.4 is 11.1 Å². The number of rotatable bonds is 10. The van der Waals surface area contributed by atoms with E-state index in [-0.39, 0.29) is 5.69 Å². The van der Waals surface area contributed by atoms with E-state index in [4.69, 9.17) is 5.73 Å². The first-order valence-electron chi connectivity index (χ1n) is 14.4. The third-order valence-electron chi connectivity index (χ3n) is 7.41. The van der Waals surface area contributed by atoms with E-state index in [1.165, 1.54) is 0 Å². The van der Waals surface area contributed by atoms with Crippen LogP contribution in [-0.2, 0) is 55.4 Å². The fourth-order valence-electron chi connectivity index (χ4n) is 5.22. The maximum atomic E-state index is 12.5. The molecule has 0 aliphatic heterocycles. The molecule has 0 unspecified atom stereocenters. The molecule has 5 aromatic carbocycles. The molecule has 5 aromatic rings. The summed E-state index contributed by atoms with van der Waals surface area (Å²) in [7, 11) is -26.1. The van der Waals surface area contributed by atoms with Gasteiger partial charge in [-0.3, -0.25) is 27.6 Å². The van der Waals surface area contributed by atoms with Crippen LogP contribution in [0.2, 0.25) is 0 Å². The Morgan fingerprint density at radius 1 is 0.589 bits per heavy atom. The Balaban J connectivity index is 1.82. The number of nitrogens with zero attached hydrogens (tertiary/aromatic N) is 4. The van der Waals surface area contributed by atoms with Crippen molar-refractivity contribution in [1.82, 2.24) is 0 Å². The highest BCUT2D eigenvalue weighted by atomic mass is 32.2. The van der Waals surface area contributed by atoms with E-state index < -0.39 is 137 Å². The Bertz CT molecular complexity index is 3190. The number of azo groups is 2. The second kappa shape index (κ2) is 14.2. The molecule has 28 heteroatoms. The van der Waals surface area contributed by atoms with Crippen LogP contribution in [-0.4, -0.2) is 75.9 Å². The normalized spacial score (nSPS) is 13.2. The van der Waals surface area contributed by atoms with E-state index in [0.29, 0.717) is 18.2 Å². The number of carbonyl (C=O) groups excluding carboxylic acids is 1. The number of benzene rings is 5. The number of hydrogen-bond acceptors (Lipinski definition) is 17. The molecule has 23 nitrogen and oxygen atoms in total. The van der Waals surface area contributed by atoms with Crippen molar-refractivity contribution < 1.29 is 74.8 Å². The van der Waals surface area contributed by atoms with Crippen molar-refractivity contribution in [3.05, 3.63) is 60.7 Å². The molecule has 0 heterocycles. The first-order valence-corrected chi connectivity index (χ1v) is 21.6. The molecule has 0 saturated carbocycles. The first-order chi connectivity index (χ1) is 25.6. The second-order valence-corrected chi connectivity index (χ2v) is 18.2. The molecule has 296 valence electrons. The predicted octanol–water partition coefficient (Wildman–Crippen LogP) is 4.30. The summed E-state index contributed by atoms with van der Waals surface area (Å²) in [5.74, 6) is -1.94. The molecule has 0 aromatic heterocycles. The molecule has 56 heavy (non-hydrogen) atoms. The minimum absolute atomic E-state index is 0.0879. The Kier molecular flexibility index (Phi) is 10.5. The lowest BCUT2D eigenvalue weighted by atomic mass is 10.1. The van der Waals surface area contributed by atoms with Crippen molar-refractivity contribution in [3.8, 4) is 5.75 Å². The number of carbonyl (C=O) groups is 1. The molecule has 0 radical (unpaired) electrons. The fourth-order valence-corrected chi connectivity index (χ4v) is 8.57. The zero-order valence-electron chi connectivity index (χ0n) is 27.4. The van der Waals surface area contributed by atoms with Crippen LogP contribution in [0.4, 0.5) is 34.1 Å². The summed E-state index contributed by atoms with van der Waals surface area (Å²) in [6.45, 7) is 1.10. The van der Waals surface area contributed by atoms with Gasteiger partial charge in [-0.05, 0) is 53.9 Å². The number of nitrogens with two attached hydrogens (primary N) is 1. The molecule has 0 aliphatic rings.